The number of aliphatic carboxylic acids is 1. The van der Waals surface area contributed by atoms with E-state index in [-0.39, 0.29) is 11.8 Å². The Morgan fingerprint density at radius 1 is 1.09 bits per heavy atom. The van der Waals surface area contributed by atoms with Gasteiger partial charge >= 0.3 is 5.97 Å². The summed E-state index contributed by atoms with van der Waals surface area (Å²) in [7, 11) is 0. The van der Waals surface area contributed by atoms with Crippen LogP contribution in [0.2, 0.25) is 0 Å². The first kappa shape index (κ1) is 22.6. The van der Waals surface area contributed by atoms with Gasteiger partial charge in [0, 0.05) is 41.9 Å². The van der Waals surface area contributed by atoms with Crippen LogP contribution in [0.15, 0.2) is 48.5 Å². The fourth-order valence-electron chi connectivity index (χ4n) is 7.69. The zero-order valence-corrected chi connectivity index (χ0v) is 20.9. The Hall–Kier alpha value is -2.88. The molecule has 182 valence electrons. The van der Waals surface area contributed by atoms with Crippen LogP contribution in [0.25, 0.3) is 6.08 Å². The fourth-order valence-corrected chi connectivity index (χ4v) is 7.69. The topological polar surface area (TPSA) is 43.5 Å². The number of carboxylic acids is 1. The minimum absolute atomic E-state index is 0.0101. The summed E-state index contributed by atoms with van der Waals surface area (Å²) in [5.74, 6) is -0.0564. The third kappa shape index (κ3) is 3.64. The average molecular weight is 470 g/mol. The van der Waals surface area contributed by atoms with Gasteiger partial charge in [-0.3, -0.25) is 4.79 Å². The van der Waals surface area contributed by atoms with Gasteiger partial charge in [0.1, 0.15) is 6.42 Å². The highest BCUT2D eigenvalue weighted by Gasteiger charge is 2.51. The van der Waals surface area contributed by atoms with E-state index in [2.05, 4.69) is 71.0 Å². The standard InChI is InChI=1S/C31H36N2O2/c1-2-32-26-12-8-9-23(26)24-21-22(13-15-27(24)32)14-16-29-31(18-6-3-7-19-31)25-10-4-5-11-28(25)33(29)20-17-30(34)35/h4-5,10-11,13-16,21,23,26H,2-3,6-9,12,17-20H2,1H3/p+1. The minimum Gasteiger partial charge on any atom is -0.481 e. The molecule has 2 unspecified atom stereocenters. The van der Waals surface area contributed by atoms with E-state index in [1.807, 2.05) is 0 Å². The van der Waals surface area contributed by atoms with Gasteiger partial charge < -0.3 is 10.0 Å². The average Bonchev–Trinajstić information content (AvgIpc) is 3.53. The second kappa shape index (κ2) is 8.96. The highest BCUT2D eigenvalue weighted by molar-refractivity contribution is 6.06. The first-order valence-corrected chi connectivity index (χ1v) is 13.7. The van der Waals surface area contributed by atoms with Gasteiger partial charge in [0.2, 0.25) is 5.69 Å². The smallest absolute Gasteiger partial charge is 0.309 e. The quantitative estimate of drug-likeness (QED) is 0.482. The minimum atomic E-state index is -0.736. The Labute approximate surface area is 209 Å². The molecule has 0 bridgehead atoms. The number of anilines is 1. The molecule has 0 aromatic heterocycles. The van der Waals surface area contributed by atoms with E-state index in [9.17, 15) is 9.90 Å². The van der Waals surface area contributed by atoms with E-state index >= 15 is 0 Å². The van der Waals surface area contributed by atoms with E-state index in [4.69, 9.17) is 0 Å². The van der Waals surface area contributed by atoms with Crippen LogP contribution in [0.4, 0.5) is 11.4 Å². The molecular weight excluding hydrogens is 432 g/mol. The first-order chi connectivity index (χ1) is 17.1. The molecule has 2 aliphatic heterocycles. The van der Waals surface area contributed by atoms with E-state index < -0.39 is 5.97 Å². The molecule has 6 rings (SSSR count). The summed E-state index contributed by atoms with van der Waals surface area (Å²) in [6.07, 6.45) is 14.8. The first-order valence-electron chi connectivity index (χ1n) is 13.7. The Morgan fingerprint density at radius 2 is 1.91 bits per heavy atom. The van der Waals surface area contributed by atoms with Crippen LogP contribution in [-0.2, 0) is 10.2 Å². The van der Waals surface area contributed by atoms with Gasteiger partial charge in [-0.1, -0.05) is 49.9 Å². The molecule has 1 N–H and O–H groups in total. The maximum atomic E-state index is 11.5. The van der Waals surface area contributed by atoms with Crippen molar-refractivity contribution in [2.24, 2.45) is 0 Å². The highest BCUT2D eigenvalue weighted by atomic mass is 16.4. The number of para-hydroxylation sites is 1. The zero-order valence-electron chi connectivity index (χ0n) is 20.9. The third-order valence-electron chi connectivity index (χ3n) is 9.16. The molecular formula is C31H37N2O2+. The number of carboxylic acid groups (broad SMARTS) is 1. The largest absolute Gasteiger partial charge is 0.481 e. The summed E-state index contributed by atoms with van der Waals surface area (Å²) in [6, 6.07) is 16.4. The summed E-state index contributed by atoms with van der Waals surface area (Å²) >= 11 is 0. The molecule has 4 heteroatoms. The maximum absolute atomic E-state index is 11.5. The molecule has 2 aromatic rings. The number of nitrogens with zero attached hydrogens (tertiary/aromatic N) is 2. The zero-order chi connectivity index (χ0) is 24.0. The Bertz CT molecular complexity index is 1200. The number of likely N-dealkylation sites (N-methyl/N-ethyl adjacent to an activating group) is 1. The van der Waals surface area contributed by atoms with Crippen molar-refractivity contribution in [3.63, 3.8) is 0 Å². The van der Waals surface area contributed by atoms with Crippen LogP contribution in [0, 0.1) is 0 Å². The van der Waals surface area contributed by atoms with Crippen LogP contribution in [0.1, 0.15) is 87.3 Å². The predicted octanol–water partition coefficient (Wildman–Crippen LogP) is 6.65. The number of fused-ring (bicyclic) bond motifs is 5. The summed E-state index contributed by atoms with van der Waals surface area (Å²) in [4.78, 5) is 14.1. The molecule has 2 aliphatic carbocycles. The molecule has 35 heavy (non-hydrogen) atoms. The van der Waals surface area contributed by atoms with Crippen LogP contribution in [-0.4, -0.2) is 40.5 Å². The van der Waals surface area contributed by atoms with Crippen LogP contribution in [0.5, 0.6) is 0 Å². The number of rotatable bonds is 6. The van der Waals surface area contributed by atoms with Crippen molar-refractivity contribution in [1.82, 2.24) is 0 Å². The van der Waals surface area contributed by atoms with Crippen molar-refractivity contribution in [3.05, 3.63) is 65.2 Å². The Balaban J connectivity index is 1.40. The van der Waals surface area contributed by atoms with Crippen molar-refractivity contribution in [3.8, 4) is 0 Å². The lowest BCUT2D eigenvalue weighted by Gasteiger charge is -2.31. The summed E-state index contributed by atoms with van der Waals surface area (Å²) in [6.45, 7) is 3.88. The van der Waals surface area contributed by atoms with E-state index in [0.717, 1.165) is 19.4 Å². The van der Waals surface area contributed by atoms with Crippen molar-refractivity contribution in [1.29, 1.82) is 0 Å². The SMILES string of the molecule is CCN1c2ccc(/C=C/C3=[N+](CCC(=O)O)c4ccccc4C34CCCCC4)cc2C2CCCC21. The summed E-state index contributed by atoms with van der Waals surface area (Å²) in [5, 5.41) is 9.47. The second-order valence-electron chi connectivity index (χ2n) is 10.9. The number of hydrogen-bond acceptors (Lipinski definition) is 2. The van der Waals surface area contributed by atoms with Gasteiger partial charge in [-0.15, -0.1) is 0 Å². The van der Waals surface area contributed by atoms with Crippen LogP contribution < -0.4 is 4.90 Å². The van der Waals surface area contributed by atoms with Gasteiger partial charge in [0.15, 0.2) is 12.3 Å². The number of hydrogen-bond donors (Lipinski definition) is 1. The van der Waals surface area contributed by atoms with Crippen LogP contribution >= 0.6 is 0 Å². The van der Waals surface area contributed by atoms with Gasteiger partial charge in [0.25, 0.3) is 0 Å². The lowest BCUT2D eigenvalue weighted by molar-refractivity contribution is -0.436. The molecule has 2 heterocycles. The van der Waals surface area contributed by atoms with E-state index in [1.54, 1.807) is 0 Å². The molecule has 4 aliphatic rings. The highest BCUT2D eigenvalue weighted by Crippen LogP contribution is 2.50. The molecule has 4 nitrogen and oxygen atoms in total. The Kier molecular flexibility index (Phi) is 5.78. The monoisotopic (exact) mass is 469 g/mol. The number of allylic oxidation sites excluding steroid dienone is 1. The van der Waals surface area contributed by atoms with E-state index in [1.165, 1.54) is 72.3 Å². The molecule has 2 saturated carbocycles. The van der Waals surface area contributed by atoms with Crippen LogP contribution in [0.3, 0.4) is 0 Å². The second-order valence-corrected chi connectivity index (χ2v) is 10.9. The molecule has 1 spiro atoms. The number of carbonyl (C=O) groups is 1. The molecule has 2 fully saturated rings. The normalized spacial score (nSPS) is 24.3. The van der Waals surface area contributed by atoms with E-state index in [0.29, 0.717) is 18.5 Å². The summed E-state index contributed by atoms with van der Waals surface area (Å²) in [5.41, 5.74) is 8.14. The van der Waals surface area contributed by atoms with Crippen molar-refractivity contribution in [2.75, 3.05) is 18.0 Å². The third-order valence-corrected chi connectivity index (χ3v) is 9.16. The molecule has 2 aromatic carbocycles. The fraction of sp³-hybridized carbons (Fsp3) is 0.484. The lowest BCUT2D eigenvalue weighted by atomic mass is 9.67. The molecule has 0 amide bonds. The maximum Gasteiger partial charge on any atom is 0.309 e. The van der Waals surface area contributed by atoms with Gasteiger partial charge in [0.05, 0.1) is 5.41 Å². The number of benzene rings is 2. The molecule has 0 saturated heterocycles. The predicted molar refractivity (Wildman–Crippen MR) is 142 cm³/mol. The van der Waals surface area contributed by atoms with Gasteiger partial charge in [-0.2, -0.15) is 4.58 Å². The van der Waals surface area contributed by atoms with Crippen molar-refractivity contribution in [2.45, 2.75) is 82.1 Å². The van der Waals surface area contributed by atoms with Gasteiger partial charge in [-0.25, -0.2) is 0 Å². The van der Waals surface area contributed by atoms with Crippen molar-refractivity contribution < 1.29 is 14.5 Å². The summed E-state index contributed by atoms with van der Waals surface area (Å²) < 4.78 is 2.31. The molecule has 0 radical (unpaired) electrons. The van der Waals surface area contributed by atoms with Crippen molar-refractivity contribution >= 4 is 29.1 Å². The molecule has 2 atom stereocenters. The lowest BCUT2D eigenvalue weighted by Crippen LogP contribution is -2.36. The Morgan fingerprint density at radius 3 is 2.71 bits per heavy atom. The van der Waals surface area contributed by atoms with Gasteiger partial charge in [-0.05, 0) is 61.9 Å².